The Morgan fingerprint density at radius 3 is 2.45 bits per heavy atom. The van der Waals surface area contributed by atoms with E-state index in [0.717, 1.165) is 44.3 Å². The largest absolute Gasteiger partial charge is 0.457 e. The van der Waals surface area contributed by atoms with Crippen LogP contribution in [0, 0.1) is 11.3 Å². The van der Waals surface area contributed by atoms with E-state index >= 15 is 0 Å². The molecular weight excluding hydrogens is 392 g/mol. The molecule has 2 aromatic carbocycles. The fourth-order valence-electron chi connectivity index (χ4n) is 3.50. The topological polar surface area (TPSA) is 79.5 Å². The Morgan fingerprint density at radius 1 is 1.03 bits per heavy atom. The Morgan fingerprint density at radius 2 is 1.74 bits per heavy atom. The van der Waals surface area contributed by atoms with Crippen molar-refractivity contribution in [3.05, 3.63) is 78.1 Å². The van der Waals surface area contributed by atoms with Crippen LogP contribution in [0.2, 0.25) is 0 Å². The summed E-state index contributed by atoms with van der Waals surface area (Å²) in [7, 11) is 0. The Bertz CT molecular complexity index is 1050. The van der Waals surface area contributed by atoms with Gasteiger partial charge in [-0.2, -0.15) is 5.26 Å². The van der Waals surface area contributed by atoms with Crippen LogP contribution in [-0.4, -0.2) is 54.8 Å². The number of nitrogens with one attached hydrogen (secondary N) is 1. The van der Waals surface area contributed by atoms with E-state index in [1.807, 2.05) is 54.6 Å². The molecule has 158 valence electrons. The van der Waals surface area contributed by atoms with Gasteiger partial charge < -0.3 is 19.4 Å². The maximum Gasteiger partial charge on any atom is 0.269 e. The van der Waals surface area contributed by atoms with Gasteiger partial charge in [0.2, 0.25) is 0 Å². The quantitative estimate of drug-likeness (QED) is 0.640. The molecule has 0 atom stereocenters. The molecule has 1 aliphatic heterocycles. The summed E-state index contributed by atoms with van der Waals surface area (Å²) in [5, 5.41) is 12.4. The van der Waals surface area contributed by atoms with Crippen molar-refractivity contribution in [1.82, 2.24) is 14.8 Å². The molecule has 1 aliphatic rings. The predicted molar refractivity (Wildman–Crippen MR) is 117 cm³/mol. The highest BCUT2D eigenvalue weighted by Crippen LogP contribution is 2.24. The summed E-state index contributed by atoms with van der Waals surface area (Å²) in [5.41, 5.74) is 1.45. The summed E-state index contributed by atoms with van der Waals surface area (Å²) >= 11 is 0. The van der Waals surface area contributed by atoms with Crippen LogP contribution in [0.15, 0.2) is 66.9 Å². The normalized spacial score (nSPS) is 14.0. The molecule has 7 nitrogen and oxygen atoms in total. The lowest BCUT2D eigenvalue weighted by molar-refractivity contribution is 0.0383. The lowest BCUT2D eigenvalue weighted by Crippen LogP contribution is -2.41. The first-order valence-electron chi connectivity index (χ1n) is 10.3. The second-order valence-electron chi connectivity index (χ2n) is 7.18. The molecule has 1 amide bonds. The number of nitriles is 1. The number of ether oxygens (including phenoxy) is 2. The smallest absolute Gasteiger partial charge is 0.269 e. The third-order valence-corrected chi connectivity index (χ3v) is 5.13. The molecular formula is C24H24N4O3. The number of nitrogens with zero attached hydrogens (tertiary/aromatic N) is 3. The molecule has 7 heteroatoms. The van der Waals surface area contributed by atoms with Crippen LogP contribution in [0.25, 0.3) is 5.69 Å². The molecule has 0 saturated carbocycles. The van der Waals surface area contributed by atoms with Gasteiger partial charge >= 0.3 is 0 Å². The first-order valence-corrected chi connectivity index (χ1v) is 10.3. The van der Waals surface area contributed by atoms with E-state index in [0.29, 0.717) is 23.6 Å². The average Bonchev–Trinajstić information content (AvgIpc) is 3.25. The van der Waals surface area contributed by atoms with Gasteiger partial charge in [-0.15, -0.1) is 0 Å². The minimum atomic E-state index is -0.264. The lowest BCUT2D eigenvalue weighted by Gasteiger charge is -2.26. The van der Waals surface area contributed by atoms with Crippen molar-refractivity contribution in [2.75, 3.05) is 39.4 Å². The lowest BCUT2D eigenvalue weighted by atomic mass is 10.2. The molecule has 0 unspecified atom stereocenters. The Hall–Kier alpha value is -3.60. The Balaban J connectivity index is 1.45. The van der Waals surface area contributed by atoms with Gasteiger partial charge in [0.1, 0.15) is 23.3 Å². The number of amides is 1. The zero-order chi connectivity index (χ0) is 21.5. The number of carbonyl (C=O) groups excluding carboxylic acids is 1. The molecule has 1 fully saturated rings. The van der Waals surface area contributed by atoms with Gasteiger partial charge in [0, 0.05) is 38.1 Å². The molecule has 3 aromatic rings. The summed E-state index contributed by atoms with van der Waals surface area (Å²) in [6.07, 6.45) is 1.74. The summed E-state index contributed by atoms with van der Waals surface area (Å²) in [6.45, 7) is 4.45. The summed E-state index contributed by atoms with van der Waals surface area (Å²) in [5.74, 6) is 1.18. The highest BCUT2D eigenvalue weighted by atomic mass is 16.5. The van der Waals surface area contributed by atoms with E-state index in [1.54, 1.807) is 16.8 Å². The molecule has 1 aromatic heterocycles. The SMILES string of the molecule is N#Cc1ccn(-c2ccc(Oc3ccccc3)cc2)c1C(=O)NCCN1CCOCC1. The number of morpholine rings is 1. The van der Waals surface area contributed by atoms with Crippen LogP contribution in [0.1, 0.15) is 16.1 Å². The Labute approximate surface area is 181 Å². The minimum absolute atomic E-state index is 0.264. The maximum atomic E-state index is 12.9. The van der Waals surface area contributed by atoms with Crippen LogP contribution in [0.5, 0.6) is 11.5 Å². The van der Waals surface area contributed by atoms with Crippen molar-refractivity contribution in [1.29, 1.82) is 5.26 Å². The van der Waals surface area contributed by atoms with Gasteiger partial charge in [0.25, 0.3) is 5.91 Å². The van der Waals surface area contributed by atoms with Crippen molar-refractivity contribution >= 4 is 5.91 Å². The van der Waals surface area contributed by atoms with Crippen LogP contribution in [0.4, 0.5) is 0 Å². The second kappa shape index (κ2) is 9.94. The molecule has 0 spiro atoms. The maximum absolute atomic E-state index is 12.9. The number of benzene rings is 2. The number of carbonyl (C=O) groups is 1. The van der Waals surface area contributed by atoms with Gasteiger partial charge in [0.05, 0.1) is 18.8 Å². The van der Waals surface area contributed by atoms with Crippen molar-refractivity contribution in [3.8, 4) is 23.3 Å². The highest BCUT2D eigenvalue weighted by molar-refractivity contribution is 5.95. The number of para-hydroxylation sites is 1. The molecule has 0 aliphatic carbocycles. The number of hydrogen-bond donors (Lipinski definition) is 1. The zero-order valence-corrected chi connectivity index (χ0v) is 17.2. The van der Waals surface area contributed by atoms with E-state index in [2.05, 4.69) is 16.3 Å². The molecule has 31 heavy (non-hydrogen) atoms. The number of aromatic nitrogens is 1. The minimum Gasteiger partial charge on any atom is -0.457 e. The predicted octanol–water partition coefficient (Wildman–Crippen LogP) is 3.20. The first kappa shape index (κ1) is 20.7. The van der Waals surface area contributed by atoms with E-state index < -0.39 is 0 Å². The summed E-state index contributed by atoms with van der Waals surface area (Å²) in [4.78, 5) is 15.1. The Kier molecular flexibility index (Phi) is 6.62. The van der Waals surface area contributed by atoms with E-state index in [4.69, 9.17) is 9.47 Å². The van der Waals surface area contributed by atoms with Gasteiger partial charge in [-0.25, -0.2) is 0 Å². The zero-order valence-electron chi connectivity index (χ0n) is 17.2. The highest BCUT2D eigenvalue weighted by Gasteiger charge is 2.19. The fraction of sp³-hybridized carbons (Fsp3) is 0.250. The van der Waals surface area contributed by atoms with E-state index in [-0.39, 0.29) is 5.91 Å². The monoisotopic (exact) mass is 416 g/mol. The number of rotatable bonds is 7. The van der Waals surface area contributed by atoms with Gasteiger partial charge in [-0.05, 0) is 42.5 Å². The van der Waals surface area contributed by atoms with Crippen molar-refractivity contribution in [2.45, 2.75) is 0 Å². The first-order chi connectivity index (χ1) is 15.2. The van der Waals surface area contributed by atoms with Crippen LogP contribution >= 0.6 is 0 Å². The second-order valence-corrected chi connectivity index (χ2v) is 7.18. The van der Waals surface area contributed by atoms with Gasteiger partial charge in [-0.1, -0.05) is 18.2 Å². The van der Waals surface area contributed by atoms with Gasteiger partial charge in [-0.3, -0.25) is 9.69 Å². The van der Waals surface area contributed by atoms with Crippen molar-refractivity contribution < 1.29 is 14.3 Å². The standard InChI is InChI=1S/C24H24N4O3/c25-18-19-10-12-28(23(19)24(29)26-11-13-27-14-16-30-17-15-27)20-6-8-22(9-7-20)31-21-4-2-1-3-5-21/h1-10,12H,11,13-17H2,(H,26,29). The summed E-state index contributed by atoms with van der Waals surface area (Å²) in [6, 6.07) is 20.7. The van der Waals surface area contributed by atoms with Crippen LogP contribution in [-0.2, 0) is 4.74 Å². The number of hydrogen-bond acceptors (Lipinski definition) is 5. The summed E-state index contributed by atoms with van der Waals surface area (Å²) < 4.78 is 12.9. The van der Waals surface area contributed by atoms with Crippen LogP contribution in [0.3, 0.4) is 0 Å². The van der Waals surface area contributed by atoms with Crippen molar-refractivity contribution in [2.24, 2.45) is 0 Å². The molecule has 1 N–H and O–H groups in total. The van der Waals surface area contributed by atoms with E-state index in [1.165, 1.54) is 0 Å². The molecule has 1 saturated heterocycles. The molecule has 2 heterocycles. The molecule has 0 radical (unpaired) electrons. The van der Waals surface area contributed by atoms with E-state index in [9.17, 15) is 10.1 Å². The van der Waals surface area contributed by atoms with Gasteiger partial charge in [0.15, 0.2) is 0 Å². The van der Waals surface area contributed by atoms with Crippen molar-refractivity contribution in [3.63, 3.8) is 0 Å². The molecule has 4 rings (SSSR count). The third-order valence-electron chi connectivity index (χ3n) is 5.13. The third kappa shape index (κ3) is 5.12. The molecule has 0 bridgehead atoms. The average molecular weight is 416 g/mol. The fourth-order valence-corrected chi connectivity index (χ4v) is 3.50. The van der Waals surface area contributed by atoms with Crippen LogP contribution < -0.4 is 10.1 Å².